The zero-order valence-electron chi connectivity index (χ0n) is 27.1. The van der Waals surface area contributed by atoms with Gasteiger partial charge in [0.25, 0.3) is 0 Å². The van der Waals surface area contributed by atoms with Crippen LogP contribution >= 0.6 is 11.3 Å². The van der Waals surface area contributed by atoms with Gasteiger partial charge >= 0.3 is 5.63 Å². The van der Waals surface area contributed by atoms with Crippen LogP contribution in [-0.2, 0) is 16.2 Å². The van der Waals surface area contributed by atoms with Gasteiger partial charge in [-0.3, -0.25) is 0 Å². The van der Waals surface area contributed by atoms with Crippen molar-refractivity contribution in [1.29, 1.82) is 0 Å². The van der Waals surface area contributed by atoms with Gasteiger partial charge in [0, 0.05) is 40.5 Å². The van der Waals surface area contributed by atoms with Crippen molar-refractivity contribution in [1.82, 2.24) is 4.98 Å². The van der Waals surface area contributed by atoms with Crippen LogP contribution in [0.15, 0.2) is 57.7 Å². The van der Waals surface area contributed by atoms with Crippen LogP contribution in [0.2, 0.25) is 0 Å². The number of nitrogens with zero attached hydrogens (tertiary/aromatic N) is 2. The van der Waals surface area contributed by atoms with Crippen molar-refractivity contribution in [3.8, 4) is 10.6 Å². The molecular formula is C39H40N2O2S. The molecule has 0 saturated carbocycles. The minimum atomic E-state index is -0.294. The predicted octanol–water partition coefficient (Wildman–Crippen LogP) is 10.2. The van der Waals surface area contributed by atoms with E-state index in [9.17, 15) is 4.79 Å². The maximum Gasteiger partial charge on any atom is 0.346 e. The molecule has 0 N–H and O–H groups in total. The summed E-state index contributed by atoms with van der Waals surface area (Å²) in [6.07, 6.45) is 2.15. The van der Waals surface area contributed by atoms with Gasteiger partial charge in [-0.1, -0.05) is 90.9 Å². The maximum absolute atomic E-state index is 14.1. The molecule has 44 heavy (non-hydrogen) atoms. The quantitative estimate of drug-likeness (QED) is 0.139. The average molecular weight is 601 g/mol. The number of thiazole rings is 1. The monoisotopic (exact) mass is 600 g/mol. The summed E-state index contributed by atoms with van der Waals surface area (Å²) >= 11 is 1.62. The molecule has 0 atom stereocenters. The Hall–Kier alpha value is -3.70. The Labute approximate surface area is 262 Å². The number of fused-ring (bicyclic) bond motifs is 8. The van der Waals surface area contributed by atoms with E-state index >= 15 is 0 Å². The minimum absolute atomic E-state index is 0.0178. The van der Waals surface area contributed by atoms with Crippen molar-refractivity contribution in [3.63, 3.8) is 0 Å². The SMILES string of the molecule is Cc1c(-c2nc3c4ccccc4c4c(C(C)(C)C)cccc4c3s2)c(=O)oc2c3c4c(cc12)C(C)(C)CCN4CCC3(C)C. The second kappa shape index (κ2) is 8.94. The third-order valence-corrected chi connectivity index (χ3v) is 11.7. The summed E-state index contributed by atoms with van der Waals surface area (Å²) in [6, 6.07) is 17.5. The van der Waals surface area contributed by atoms with Crippen LogP contribution in [0, 0.1) is 6.92 Å². The first-order valence-corrected chi connectivity index (χ1v) is 16.7. The molecule has 224 valence electrons. The highest BCUT2D eigenvalue weighted by atomic mass is 32.1. The number of hydrogen-bond acceptors (Lipinski definition) is 5. The number of rotatable bonds is 1. The molecule has 4 nitrogen and oxygen atoms in total. The molecule has 4 aromatic carbocycles. The number of benzene rings is 4. The van der Waals surface area contributed by atoms with Crippen molar-refractivity contribution >= 4 is 59.8 Å². The van der Waals surface area contributed by atoms with E-state index in [1.165, 1.54) is 38.5 Å². The molecule has 0 aliphatic carbocycles. The van der Waals surface area contributed by atoms with Gasteiger partial charge in [-0.25, -0.2) is 9.78 Å². The van der Waals surface area contributed by atoms with E-state index in [1.54, 1.807) is 11.3 Å². The maximum atomic E-state index is 14.1. The molecule has 0 radical (unpaired) electrons. The van der Waals surface area contributed by atoms with E-state index in [-0.39, 0.29) is 21.9 Å². The number of anilines is 1. The number of aromatic nitrogens is 1. The zero-order valence-corrected chi connectivity index (χ0v) is 27.9. The highest BCUT2D eigenvalue weighted by Gasteiger charge is 2.42. The summed E-state index contributed by atoms with van der Waals surface area (Å²) < 4.78 is 7.54. The Bertz CT molecular complexity index is 2260. The first-order chi connectivity index (χ1) is 20.8. The minimum Gasteiger partial charge on any atom is -0.422 e. The summed E-state index contributed by atoms with van der Waals surface area (Å²) in [4.78, 5) is 21.9. The van der Waals surface area contributed by atoms with Gasteiger partial charge in [0.2, 0.25) is 0 Å². The topological polar surface area (TPSA) is 46.3 Å². The molecule has 0 spiro atoms. The fourth-order valence-corrected chi connectivity index (χ4v) is 9.17. The molecule has 2 aromatic heterocycles. The first kappa shape index (κ1) is 27.8. The van der Waals surface area contributed by atoms with Gasteiger partial charge in [-0.05, 0) is 69.5 Å². The Balaban J connectivity index is 1.47. The lowest BCUT2D eigenvalue weighted by Crippen LogP contribution is -2.44. The molecule has 6 aromatic rings. The fourth-order valence-electron chi connectivity index (χ4n) is 7.97. The Morgan fingerprint density at radius 2 is 1.57 bits per heavy atom. The molecule has 5 heteroatoms. The van der Waals surface area contributed by atoms with Crippen molar-refractivity contribution in [2.24, 2.45) is 0 Å². The van der Waals surface area contributed by atoms with E-state index < -0.39 is 0 Å². The van der Waals surface area contributed by atoms with Crippen molar-refractivity contribution in [2.45, 2.75) is 84.5 Å². The van der Waals surface area contributed by atoms with Crippen LogP contribution < -0.4 is 10.5 Å². The van der Waals surface area contributed by atoms with Crippen LogP contribution in [-0.4, -0.2) is 18.1 Å². The Morgan fingerprint density at radius 3 is 2.30 bits per heavy atom. The van der Waals surface area contributed by atoms with E-state index in [4.69, 9.17) is 9.40 Å². The largest absolute Gasteiger partial charge is 0.422 e. The third kappa shape index (κ3) is 3.74. The lowest BCUT2D eigenvalue weighted by Gasteiger charge is -2.48. The highest BCUT2D eigenvalue weighted by molar-refractivity contribution is 7.22. The van der Waals surface area contributed by atoms with Crippen molar-refractivity contribution < 1.29 is 4.42 Å². The summed E-state index contributed by atoms with van der Waals surface area (Å²) in [7, 11) is 0. The lowest BCUT2D eigenvalue weighted by atomic mass is 9.69. The van der Waals surface area contributed by atoms with Crippen LogP contribution in [0.5, 0.6) is 0 Å². The number of hydrogen-bond donors (Lipinski definition) is 0. The Kier molecular flexibility index (Phi) is 5.65. The molecule has 0 saturated heterocycles. The second-order valence-corrected chi connectivity index (χ2v) is 16.4. The normalized spacial score (nSPS) is 17.6. The molecule has 4 heterocycles. The molecule has 0 fully saturated rings. The molecule has 0 unspecified atom stereocenters. The smallest absolute Gasteiger partial charge is 0.346 e. The van der Waals surface area contributed by atoms with Crippen molar-refractivity contribution in [2.75, 3.05) is 18.0 Å². The van der Waals surface area contributed by atoms with Gasteiger partial charge in [-0.2, -0.15) is 0 Å². The van der Waals surface area contributed by atoms with Crippen LogP contribution in [0.3, 0.4) is 0 Å². The van der Waals surface area contributed by atoms with Gasteiger partial charge < -0.3 is 9.32 Å². The second-order valence-electron chi connectivity index (χ2n) is 15.4. The highest BCUT2D eigenvalue weighted by Crippen LogP contribution is 2.53. The number of aryl methyl sites for hydroxylation is 1. The van der Waals surface area contributed by atoms with Crippen LogP contribution in [0.4, 0.5) is 5.69 Å². The van der Waals surface area contributed by atoms with Crippen LogP contribution in [0.1, 0.15) is 83.6 Å². The van der Waals surface area contributed by atoms with E-state index in [2.05, 4.69) is 109 Å². The predicted molar refractivity (Wildman–Crippen MR) is 187 cm³/mol. The lowest BCUT2D eigenvalue weighted by molar-refractivity contribution is 0.398. The van der Waals surface area contributed by atoms with Crippen molar-refractivity contribution in [3.05, 3.63) is 81.2 Å². The van der Waals surface area contributed by atoms with E-state index in [0.29, 0.717) is 5.56 Å². The standard InChI is InChI=1S/C39H40N2O2S/c1-21-25-20-27-32-30(39(7,8)17-19-41(32)18-16-38(27,5)6)33(25)43-36(42)28(21)35-40-31-23-13-10-9-12-22(23)29-24(34(31)44-35)14-11-15-26(29)37(2,3)4/h9-15,20H,16-19H2,1-8H3. The van der Waals surface area contributed by atoms with Crippen LogP contribution in [0.25, 0.3) is 53.3 Å². The zero-order chi connectivity index (χ0) is 30.9. The van der Waals surface area contributed by atoms with E-state index in [1.807, 2.05) is 0 Å². The first-order valence-electron chi connectivity index (χ1n) is 15.9. The Morgan fingerprint density at radius 1 is 0.886 bits per heavy atom. The molecule has 0 amide bonds. The summed E-state index contributed by atoms with van der Waals surface area (Å²) in [6.45, 7) is 20.3. The fraction of sp³-hybridized carbons (Fsp3) is 0.385. The third-order valence-electron chi connectivity index (χ3n) is 10.6. The summed E-state index contributed by atoms with van der Waals surface area (Å²) in [5.74, 6) is 0. The van der Waals surface area contributed by atoms with Gasteiger partial charge in [0.05, 0.1) is 15.8 Å². The van der Waals surface area contributed by atoms with Gasteiger partial charge in [-0.15, -0.1) is 11.3 Å². The molecular weight excluding hydrogens is 561 g/mol. The average Bonchev–Trinajstić information content (AvgIpc) is 3.40. The van der Waals surface area contributed by atoms with Gasteiger partial charge in [0.1, 0.15) is 10.6 Å². The molecule has 2 aliphatic rings. The van der Waals surface area contributed by atoms with Gasteiger partial charge in [0.15, 0.2) is 0 Å². The van der Waals surface area contributed by atoms with E-state index in [0.717, 1.165) is 63.1 Å². The molecule has 0 bridgehead atoms. The molecule has 8 rings (SSSR count). The molecule has 2 aliphatic heterocycles. The summed E-state index contributed by atoms with van der Waals surface area (Å²) in [5, 5.41) is 6.58. The summed E-state index contributed by atoms with van der Waals surface area (Å²) in [5.41, 5.74) is 8.11.